The summed E-state index contributed by atoms with van der Waals surface area (Å²) < 4.78 is 33.0. The van der Waals surface area contributed by atoms with E-state index in [0.717, 1.165) is 16.3 Å². The van der Waals surface area contributed by atoms with E-state index in [2.05, 4.69) is 30.4 Å². The van der Waals surface area contributed by atoms with Crippen LogP contribution in [-0.2, 0) is 27.9 Å². The number of thiazole rings is 1. The van der Waals surface area contributed by atoms with Gasteiger partial charge in [-0.2, -0.15) is 8.42 Å². The van der Waals surface area contributed by atoms with E-state index >= 15 is 0 Å². The van der Waals surface area contributed by atoms with Crippen molar-refractivity contribution in [3.05, 3.63) is 81.3 Å². The largest absolute Gasteiger partial charge is 0.357 e. The highest BCUT2D eigenvalue weighted by Crippen LogP contribution is 2.26. The van der Waals surface area contributed by atoms with Crippen LogP contribution in [0.1, 0.15) is 54.2 Å². The number of aryl methyl sites for hydroxylation is 1. The molecule has 0 radical (unpaired) electrons. The van der Waals surface area contributed by atoms with Crippen molar-refractivity contribution in [1.29, 1.82) is 0 Å². The molecule has 9 heteroatoms. The Hall–Kier alpha value is -2.75. The molecule has 0 aliphatic carbocycles. The zero-order chi connectivity index (χ0) is 24.2. The third-order valence-corrected chi connectivity index (χ3v) is 6.46. The van der Waals surface area contributed by atoms with E-state index in [9.17, 15) is 13.2 Å². The lowest BCUT2D eigenvalue weighted by Gasteiger charge is -2.23. The molecule has 3 aromatic rings. The molecule has 33 heavy (non-hydrogen) atoms. The summed E-state index contributed by atoms with van der Waals surface area (Å²) >= 11 is 1.51. The maximum atomic E-state index is 12.7. The van der Waals surface area contributed by atoms with E-state index in [1.807, 2.05) is 36.9 Å². The second-order valence-corrected chi connectivity index (χ2v) is 11.1. The van der Waals surface area contributed by atoms with Crippen molar-refractivity contribution >= 4 is 33.2 Å². The Balaban J connectivity index is 1.81. The van der Waals surface area contributed by atoms with Crippen molar-refractivity contribution < 1.29 is 17.8 Å². The first-order chi connectivity index (χ1) is 15.4. The Morgan fingerprint density at radius 3 is 2.42 bits per heavy atom. The van der Waals surface area contributed by atoms with Gasteiger partial charge in [0.1, 0.15) is 5.01 Å². The third kappa shape index (κ3) is 7.66. The number of rotatable bonds is 8. The molecular weight excluding hydrogens is 458 g/mol. The van der Waals surface area contributed by atoms with Gasteiger partial charge in [0.05, 0.1) is 17.4 Å². The monoisotopic (exact) mass is 487 g/mol. The fourth-order valence-corrected chi connectivity index (χ4v) is 4.57. The number of aromatic nitrogens is 1. The molecule has 7 nitrogen and oxygen atoms in total. The highest BCUT2D eigenvalue weighted by atomic mass is 32.2. The van der Waals surface area contributed by atoms with Crippen LogP contribution in [0.25, 0.3) is 0 Å². The summed E-state index contributed by atoms with van der Waals surface area (Å²) in [4.78, 5) is 17.6. The number of hydrogen-bond donors (Lipinski definition) is 3. The molecule has 176 valence electrons. The van der Waals surface area contributed by atoms with Gasteiger partial charge in [0.2, 0.25) is 5.91 Å². The van der Waals surface area contributed by atoms with Gasteiger partial charge >= 0.3 is 10.3 Å². The summed E-state index contributed by atoms with van der Waals surface area (Å²) in [7, 11) is -4.33. The van der Waals surface area contributed by atoms with E-state index in [4.69, 9.17) is 9.54 Å². The van der Waals surface area contributed by atoms with Crippen LogP contribution in [0.5, 0.6) is 0 Å². The lowest BCUT2D eigenvalue weighted by molar-refractivity contribution is -0.129. The van der Waals surface area contributed by atoms with Crippen LogP contribution < -0.4 is 10.0 Å². The smallest absolute Gasteiger partial charge is 0.346 e. The number of benzene rings is 2. The number of anilines is 1. The molecular formula is C24H29N3O4S2. The Morgan fingerprint density at radius 2 is 1.82 bits per heavy atom. The normalized spacial score (nSPS) is 12.9. The number of amides is 1. The first-order valence-corrected chi connectivity index (χ1v) is 12.9. The van der Waals surface area contributed by atoms with Gasteiger partial charge in [-0.1, -0.05) is 62.7 Å². The van der Waals surface area contributed by atoms with Crippen molar-refractivity contribution in [2.45, 2.75) is 46.6 Å². The van der Waals surface area contributed by atoms with Gasteiger partial charge < -0.3 is 5.32 Å². The molecule has 0 saturated heterocycles. The van der Waals surface area contributed by atoms with E-state index in [-0.39, 0.29) is 17.6 Å². The standard InChI is InChI=1S/C24H29N3O4S2/c1-16-6-5-7-18(12-16)13-20-15-32-22(25-20)21(26-23(28)24(2,3)4)14-17-8-10-19(11-9-17)27-33(29,30)31/h5-12,15,21,27H,13-14H2,1-4H3,(H,26,28)(H,29,30,31)/t21-/m0/s1. The topological polar surface area (TPSA) is 108 Å². The maximum absolute atomic E-state index is 12.7. The maximum Gasteiger partial charge on any atom is 0.357 e. The summed E-state index contributed by atoms with van der Waals surface area (Å²) in [5, 5.41) is 5.95. The van der Waals surface area contributed by atoms with Crippen LogP contribution in [-0.4, -0.2) is 23.9 Å². The van der Waals surface area contributed by atoms with E-state index in [1.54, 1.807) is 24.3 Å². The first kappa shape index (κ1) is 24.9. The number of nitrogens with one attached hydrogen (secondary N) is 2. The summed E-state index contributed by atoms with van der Waals surface area (Å²) in [6, 6.07) is 14.6. The molecule has 1 aromatic heterocycles. The SMILES string of the molecule is Cc1cccc(Cc2csc([C@H](Cc3ccc(NS(=O)(=O)O)cc3)NC(=O)C(C)(C)C)n2)c1. The predicted octanol–water partition coefficient (Wildman–Crippen LogP) is 4.70. The highest BCUT2D eigenvalue weighted by molar-refractivity contribution is 7.87. The van der Waals surface area contributed by atoms with Gasteiger partial charge in [-0.15, -0.1) is 11.3 Å². The molecule has 3 rings (SSSR count). The molecule has 0 saturated carbocycles. The van der Waals surface area contributed by atoms with Gasteiger partial charge in [0.25, 0.3) is 0 Å². The minimum atomic E-state index is -4.33. The van der Waals surface area contributed by atoms with Gasteiger partial charge in [0.15, 0.2) is 0 Å². The van der Waals surface area contributed by atoms with Crippen LogP contribution in [0.15, 0.2) is 53.9 Å². The average molecular weight is 488 g/mol. The Morgan fingerprint density at radius 1 is 1.12 bits per heavy atom. The van der Waals surface area contributed by atoms with Crippen molar-refractivity contribution in [2.24, 2.45) is 5.41 Å². The fraction of sp³-hybridized carbons (Fsp3) is 0.333. The lowest BCUT2D eigenvalue weighted by Crippen LogP contribution is -2.38. The van der Waals surface area contributed by atoms with Gasteiger partial charge in [0, 0.05) is 17.2 Å². The molecule has 1 atom stereocenters. The molecule has 0 aliphatic rings. The molecule has 3 N–H and O–H groups in total. The molecule has 0 fully saturated rings. The predicted molar refractivity (Wildman–Crippen MR) is 132 cm³/mol. The van der Waals surface area contributed by atoms with Crippen LogP contribution in [0.4, 0.5) is 5.69 Å². The molecule has 0 spiro atoms. The van der Waals surface area contributed by atoms with Crippen LogP contribution >= 0.6 is 11.3 Å². The quantitative estimate of drug-likeness (QED) is 0.399. The fourth-order valence-electron chi connectivity index (χ4n) is 3.26. The second-order valence-electron chi connectivity index (χ2n) is 9.10. The van der Waals surface area contributed by atoms with Crippen molar-refractivity contribution in [3.8, 4) is 0 Å². The second kappa shape index (κ2) is 10.0. The number of carbonyl (C=O) groups is 1. The molecule has 0 bridgehead atoms. The number of hydrogen-bond acceptors (Lipinski definition) is 5. The number of carbonyl (C=O) groups excluding carboxylic acids is 1. The highest BCUT2D eigenvalue weighted by Gasteiger charge is 2.26. The summed E-state index contributed by atoms with van der Waals surface area (Å²) in [5.41, 5.74) is 3.93. The van der Waals surface area contributed by atoms with Crippen LogP contribution in [0.2, 0.25) is 0 Å². The summed E-state index contributed by atoms with van der Waals surface area (Å²) in [6.45, 7) is 7.64. The average Bonchev–Trinajstić information content (AvgIpc) is 3.15. The Bertz CT molecular complexity index is 1210. The first-order valence-electron chi connectivity index (χ1n) is 10.5. The Kier molecular flexibility index (Phi) is 7.56. The van der Waals surface area contributed by atoms with E-state index in [0.29, 0.717) is 12.8 Å². The molecule has 2 aromatic carbocycles. The molecule has 1 heterocycles. The minimum Gasteiger partial charge on any atom is -0.346 e. The lowest BCUT2D eigenvalue weighted by atomic mass is 9.94. The van der Waals surface area contributed by atoms with Gasteiger partial charge in [-0.3, -0.25) is 14.1 Å². The van der Waals surface area contributed by atoms with E-state index < -0.39 is 15.7 Å². The molecule has 0 unspecified atom stereocenters. The molecule has 0 aliphatic heterocycles. The van der Waals surface area contributed by atoms with Gasteiger partial charge in [-0.05, 0) is 36.6 Å². The zero-order valence-corrected chi connectivity index (χ0v) is 20.8. The van der Waals surface area contributed by atoms with E-state index in [1.165, 1.54) is 22.5 Å². The summed E-state index contributed by atoms with van der Waals surface area (Å²) in [5.74, 6) is -0.0763. The van der Waals surface area contributed by atoms with Crippen LogP contribution in [0, 0.1) is 12.3 Å². The number of nitrogens with zero attached hydrogens (tertiary/aromatic N) is 1. The third-order valence-electron chi connectivity index (χ3n) is 4.96. The van der Waals surface area contributed by atoms with Crippen LogP contribution in [0.3, 0.4) is 0 Å². The minimum absolute atomic E-state index is 0.0763. The summed E-state index contributed by atoms with van der Waals surface area (Å²) in [6.07, 6.45) is 1.21. The van der Waals surface area contributed by atoms with Gasteiger partial charge in [-0.25, -0.2) is 4.98 Å². The Labute approximate surface area is 199 Å². The van der Waals surface area contributed by atoms with Crippen molar-refractivity contribution in [3.63, 3.8) is 0 Å². The van der Waals surface area contributed by atoms with Crippen molar-refractivity contribution in [1.82, 2.24) is 10.3 Å². The zero-order valence-electron chi connectivity index (χ0n) is 19.1. The van der Waals surface area contributed by atoms with Crippen molar-refractivity contribution in [2.75, 3.05) is 4.72 Å². The molecule has 1 amide bonds.